The van der Waals surface area contributed by atoms with Crippen molar-refractivity contribution in [3.8, 4) is 0 Å². The topological polar surface area (TPSA) is 53.4 Å². The van der Waals surface area contributed by atoms with Crippen LogP contribution in [0, 0.1) is 0 Å². The average molecular weight is 227 g/mol. The Hall–Kier alpha value is -1.39. The molecule has 1 aliphatic carbocycles. The Labute approximate surface area is 100 Å². The summed E-state index contributed by atoms with van der Waals surface area (Å²) in [6.45, 7) is 2.21. The third-order valence-electron chi connectivity index (χ3n) is 3.70. The molecule has 3 rings (SSSR count). The first kappa shape index (κ1) is 10.7. The molecule has 86 valence electrons. The summed E-state index contributed by atoms with van der Waals surface area (Å²) in [6.07, 6.45) is 3.94. The fourth-order valence-electron chi connectivity index (χ4n) is 2.74. The van der Waals surface area contributed by atoms with E-state index in [1.807, 2.05) is 12.1 Å². The number of benzene rings is 1. The van der Waals surface area contributed by atoms with Crippen molar-refractivity contribution in [2.45, 2.75) is 25.7 Å². The van der Waals surface area contributed by atoms with Crippen molar-refractivity contribution in [3.63, 3.8) is 0 Å². The predicted molar refractivity (Wildman–Crippen MR) is 68.3 cm³/mol. The van der Waals surface area contributed by atoms with E-state index < -0.39 is 7.12 Å². The standard InChI is InChI=1S/C13H14BNO2/c1-8-2-3-9-6-7-15-13-11(14(16)17)5-4-10(8)12(9)13/h4-8,16-17H,2-3H2,1H3. The second kappa shape index (κ2) is 3.82. The van der Waals surface area contributed by atoms with E-state index in [9.17, 15) is 10.0 Å². The van der Waals surface area contributed by atoms with Crippen molar-refractivity contribution in [2.24, 2.45) is 0 Å². The zero-order valence-electron chi connectivity index (χ0n) is 9.72. The summed E-state index contributed by atoms with van der Waals surface area (Å²) >= 11 is 0. The molecule has 0 fully saturated rings. The summed E-state index contributed by atoms with van der Waals surface area (Å²) in [5, 5.41) is 19.9. The smallest absolute Gasteiger partial charge is 0.423 e. The van der Waals surface area contributed by atoms with Crippen LogP contribution in [0.15, 0.2) is 24.4 Å². The second-order valence-corrected chi connectivity index (χ2v) is 4.75. The van der Waals surface area contributed by atoms with Crippen molar-refractivity contribution in [3.05, 3.63) is 35.5 Å². The van der Waals surface area contributed by atoms with Crippen molar-refractivity contribution in [2.75, 3.05) is 0 Å². The van der Waals surface area contributed by atoms with E-state index in [2.05, 4.69) is 11.9 Å². The molecule has 0 aliphatic heterocycles. The maximum atomic E-state index is 9.38. The molecule has 2 N–H and O–H groups in total. The van der Waals surface area contributed by atoms with Gasteiger partial charge in [0.15, 0.2) is 0 Å². The molecule has 17 heavy (non-hydrogen) atoms. The molecule has 0 amide bonds. The summed E-state index contributed by atoms with van der Waals surface area (Å²) < 4.78 is 0. The van der Waals surface area contributed by atoms with Gasteiger partial charge in [0.25, 0.3) is 0 Å². The molecule has 0 saturated carbocycles. The molecule has 0 spiro atoms. The van der Waals surface area contributed by atoms with Gasteiger partial charge in [-0.1, -0.05) is 19.1 Å². The highest BCUT2D eigenvalue weighted by Crippen LogP contribution is 2.34. The van der Waals surface area contributed by atoms with Crippen LogP contribution in [0.5, 0.6) is 0 Å². The molecule has 2 aromatic rings. The van der Waals surface area contributed by atoms with E-state index >= 15 is 0 Å². The molecule has 1 aliphatic rings. The molecule has 0 radical (unpaired) electrons. The minimum Gasteiger partial charge on any atom is -0.423 e. The molecular weight excluding hydrogens is 213 g/mol. The number of nitrogens with zero attached hydrogens (tertiary/aromatic N) is 1. The predicted octanol–water partition coefficient (Wildman–Crippen LogP) is 0.964. The Morgan fingerprint density at radius 1 is 1.29 bits per heavy atom. The van der Waals surface area contributed by atoms with Crippen LogP contribution < -0.4 is 5.46 Å². The quantitative estimate of drug-likeness (QED) is 0.713. The van der Waals surface area contributed by atoms with E-state index in [-0.39, 0.29) is 0 Å². The summed E-state index contributed by atoms with van der Waals surface area (Å²) in [4.78, 5) is 4.32. The molecule has 1 atom stereocenters. The summed E-state index contributed by atoms with van der Waals surface area (Å²) in [6, 6.07) is 5.82. The van der Waals surface area contributed by atoms with Gasteiger partial charge < -0.3 is 10.0 Å². The van der Waals surface area contributed by atoms with Crippen LogP contribution >= 0.6 is 0 Å². The average Bonchev–Trinajstić information content (AvgIpc) is 2.33. The highest BCUT2D eigenvalue weighted by Gasteiger charge is 2.23. The van der Waals surface area contributed by atoms with Crippen molar-refractivity contribution >= 4 is 23.5 Å². The zero-order valence-corrected chi connectivity index (χ0v) is 9.72. The lowest BCUT2D eigenvalue weighted by atomic mass is 9.74. The first-order chi connectivity index (χ1) is 8.18. The lowest BCUT2D eigenvalue weighted by molar-refractivity contribution is 0.426. The molecule has 1 unspecified atom stereocenters. The first-order valence-corrected chi connectivity index (χ1v) is 5.95. The lowest BCUT2D eigenvalue weighted by Crippen LogP contribution is -2.31. The van der Waals surface area contributed by atoms with Crippen LogP contribution in [0.3, 0.4) is 0 Å². The van der Waals surface area contributed by atoms with Crippen LogP contribution in [0.25, 0.3) is 10.9 Å². The van der Waals surface area contributed by atoms with Gasteiger partial charge in [-0.15, -0.1) is 0 Å². The minimum absolute atomic E-state index is 0.500. The zero-order chi connectivity index (χ0) is 12.0. The van der Waals surface area contributed by atoms with Gasteiger partial charge in [0.05, 0.1) is 5.52 Å². The highest BCUT2D eigenvalue weighted by atomic mass is 16.4. The number of aromatic nitrogens is 1. The molecule has 1 heterocycles. The van der Waals surface area contributed by atoms with Crippen LogP contribution in [0.4, 0.5) is 0 Å². The Morgan fingerprint density at radius 2 is 2.12 bits per heavy atom. The van der Waals surface area contributed by atoms with Gasteiger partial charge in [0.1, 0.15) is 0 Å². The van der Waals surface area contributed by atoms with Crippen LogP contribution in [-0.2, 0) is 6.42 Å². The van der Waals surface area contributed by atoms with Gasteiger partial charge in [0, 0.05) is 17.0 Å². The van der Waals surface area contributed by atoms with E-state index in [4.69, 9.17) is 0 Å². The maximum Gasteiger partial charge on any atom is 0.490 e. The fraction of sp³-hybridized carbons (Fsp3) is 0.308. The highest BCUT2D eigenvalue weighted by molar-refractivity contribution is 6.61. The van der Waals surface area contributed by atoms with Crippen LogP contribution in [-0.4, -0.2) is 22.2 Å². The Morgan fingerprint density at radius 3 is 2.88 bits per heavy atom. The van der Waals surface area contributed by atoms with Crippen molar-refractivity contribution in [1.82, 2.24) is 4.98 Å². The fourth-order valence-corrected chi connectivity index (χ4v) is 2.74. The number of rotatable bonds is 1. The molecule has 3 nitrogen and oxygen atoms in total. The van der Waals surface area contributed by atoms with Crippen LogP contribution in [0.2, 0.25) is 0 Å². The van der Waals surface area contributed by atoms with E-state index in [0.29, 0.717) is 11.4 Å². The summed E-state index contributed by atoms with van der Waals surface area (Å²) in [7, 11) is -1.45. The molecule has 1 aromatic carbocycles. The second-order valence-electron chi connectivity index (χ2n) is 4.75. The third-order valence-corrected chi connectivity index (χ3v) is 3.70. The number of pyridine rings is 1. The van der Waals surface area contributed by atoms with Gasteiger partial charge in [-0.05, 0) is 36.0 Å². The third kappa shape index (κ3) is 1.56. The molecule has 4 heteroatoms. The Kier molecular flexibility index (Phi) is 2.42. The van der Waals surface area contributed by atoms with Gasteiger partial charge in [-0.25, -0.2) is 0 Å². The number of hydrogen-bond donors (Lipinski definition) is 2. The number of hydrogen-bond acceptors (Lipinski definition) is 3. The molecule has 0 saturated heterocycles. The minimum atomic E-state index is -1.45. The summed E-state index contributed by atoms with van der Waals surface area (Å²) in [5.41, 5.74) is 3.78. The number of aryl methyl sites for hydroxylation is 1. The van der Waals surface area contributed by atoms with E-state index in [1.165, 1.54) is 11.1 Å². The SMILES string of the molecule is CC1CCc2ccnc3c(B(O)O)ccc1c23. The van der Waals surface area contributed by atoms with Crippen LogP contribution in [0.1, 0.15) is 30.4 Å². The first-order valence-electron chi connectivity index (χ1n) is 5.95. The normalized spacial score (nSPS) is 18.4. The molecular formula is C13H14BNO2. The van der Waals surface area contributed by atoms with Gasteiger partial charge in [-0.3, -0.25) is 4.98 Å². The van der Waals surface area contributed by atoms with Crippen molar-refractivity contribution in [1.29, 1.82) is 0 Å². The van der Waals surface area contributed by atoms with Gasteiger partial charge in [-0.2, -0.15) is 0 Å². The monoisotopic (exact) mass is 227 g/mol. The Balaban J connectivity index is 2.40. The van der Waals surface area contributed by atoms with Crippen molar-refractivity contribution < 1.29 is 10.0 Å². The largest absolute Gasteiger partial charge is 0.490 e. The van der Waals surface area contributed by atoms with E-state index in [0.717, 1.165) is 23.7 Å². The summed E-state index contributed by atoms with van der Waals surface area (Å²) in [5.74, 6) is 0.513. The van der Waals surface area contributed by atoms with Gasteiger partial charge >= 0.3 is 7.12 Å². The van der Waals surface area contributed by atoms with Gasteiger partial charge in [0.2, 0.25) is 0 Å². The van der Waals surface area contributed by atoms with E-state index in [1.54, 1.807) is 12.3 Å². The Bertz CT molecular complexity index is 583. The maximum absolute atomic E-state index is 9.38. The lowest BCUT2D eigenvalue weighted by Gasteiger charge is -2.23. The molecule has 1 aromatic heterocycles. The molecule has 0 bridgehead atoms.